The first kappa shape index (κ1) is 16.1. The summed E-state index contributed by atoms with van der Waals surface area (Å²) in [6.45, 7) is 0. The summed E-state index contributed by atoms with van der Waals surface area (Å²) in [6.07, 6.45) is 5.52. The number of nitrogens with two attached hydrogens (primary N) is 1. The van der Waals surface area contributed by atoms with Gasteiger partial charge >= 0.3 is 6.18 Å². The summed E-state index contributed by atoms with van der Waals surface area (Å²) in [4.78, 5) is 0. The van der Waals surface area contributed by atoms with Crippen LogP contribution >= 0.6 is 0 Å². The van der Waals surface area contributed by atoms with E-state index in [2.05, 4.69) is 6.08 Å². The molecule has 21 heavy (non-hydrogen) atoms. The molecular formula is C17H22F3N. The highest BCUT2D eigenvalue weighted by Gasteiger charge is 2.29. The van der Waals surface area contributed by atoms with E-state index in [1.165, 1.54) is 37.0 Å². The quantitative estimate of drug-likeness (QED) is 0.792. The van der Waals surface area contributed by atoms with Crippen LogP contribution in [-0.2, 0) is 12.6 Å². The predicted octanol–water partition coefficient (Wildman–Crippen LogP) is 4.86. The summed E-state index contributed by atoms with van der Waals surface area (Å²) in [5, 5.41) is 0. The molecule has 0 aliphatic heterocycles. The number of alkyl halides is 3. The van der Waals surface area contributed by atoms with Crippen molar-refractivity contribution in [2.45, 2.75) is 57.2 Å². The number of benzene rings is 1. The topological polar surface area (TPSA) is 26.0 Å². The minimum absolute atomic E-state index is 0.0835. The van der Waals surface area contributed by atoms with Crippen molar-refractivity contribution in [3.63, 3.8) is 0 Å². The fraction of sp³-hybridized carbons (Fsp3) is 0.529. The summed E-state index contributed by atoms with van der Waals surface area (Å²) in [7, 11) is 0. The van der Waals surface area contributed by atoms with E-state index < -0.39 is 11.7 Å². The van der Waals surface area contributed by atoms with Crippen LogP contribution in [0.2, 0.25) is 0 Å². The van der Waals surface area contributed by atoms with Gasteiger partial charge in [-0.25, -0.2) is 0 Å². The molecule has 1 atom stereocenters. The molecule has 4 heteroatoms. The summed E-state index contributed by atoms with van der Waals surface area (Å²) in [5.41, 5.74) is 7.75. The third-order valence-corrected chi connectivity index (χ3v) is 4.04. The minimum Gasteiger partial charge on any atom is -0.324 e. The van der Waals surface area contributed by atoms with Gasteiger partial charge in [-0.15, -0.1) is 0 Å². The highest BCUT2D eigenvalue weighted by molar-refractivity contribution is 5.27. The predicted molar refractivity (Wildman–Crippen MR) is 78.9 cm³/mol. The molecule has 1 aromatic rings. The van der Waals surface area contributed by atoms with Gasteiger partial charge in [0.1, 0.15) is 0 Å². The molecule has 116 valence electrons. The molecule has 0 radical (unpaired) electrons. The number of halogens is 3. The molecule has 0 saturated heterocycles. The zero-order valence-electron chi connectivity index (χ0n) is 12.1. The first-order valence-electron chi connectivity index (χ1n) is 7.57. The Morgan fingerprint density at radius 2 is 1.67 bits per heavy atom. The van der Waals surface area contributed by atoms with Crippen LogP contribution in [-0.4, -0.2) is 6.04 Å². The normalized spacial score (nSPS) is 21.0. The monoisotopic (exact) mass is 297 g/mol. The van der Waals surface area contributed by atoms with Gasteiger partial charge in [-0.05, 0) is 49.8 Å². The molecule has 0 aromatic heterocycles. The van der Waals surface area contributed by atoms with E-state index >= 15 is 0 Å². The Labute approximate surface area is 124 Å². The van der Waals surface area contributed by atoms with Crippen molar-refractivity contribution in [1.82, 2.24) is 0 Å². The van der Waals surface area contributed by atoms with E-state index in [4.69, 9.17) is 5.73 Å². The van der Waals surface area contributed by atoms with Gasteiger partial charge in [0.05, 0.1) is 5.56 Å². The number of allylic oxidation sites excluding steroid dienone is 1. The Kier molecular flexibility index (Phi) is 5.45. The van der Waals surface area contributed by atoms with Crippen molar-refractivity contribution in [3.8, 4) is 0 Å². The van der Waals surface area contributed by atoms with E-state index in [0.717, 1.165) is 37.0 Å². The molecule has 0 fully saturated rings. The lowest BCUT2D eigenvalue weighted by Gasteiger charge is -2.19. The molecule has 2 rings (SSSR count). The Morgan fingerprint density at radius 3 is 2.33 bits per heavy atom. The molecule has 1 aliphatic carbocycles. The highest BCUT2D eigenvalue weighted by Crippen LogP contribution is 2.29. The van der Waals surface area contributed by atoms with Crippen LogP contribution in [0.4, 0.5) is 13.2 Å². The molecule has 0 saturated carbocycles. The van der Waals surface area contributed by atoms with Crippen LogP contribution in [0.25, 0.3) is 0 Å². The second-order valence-corrected chi connectivity index (χ2v) is 5.74. The van der Waals surface area contributed by atoms with Crippen molar-refractivity contribution in [2.75, 3.05) is 0 Å². The lowest BCUT2D eigenvalue weighted by molar-refractivity contribution is -0.137. The zero-order valence-corrected chi connectivity index (χ0v) is 12.1. The zero-order chi connectivity index (χ0) is 15.3. The largest absolute Gasteiger partial charge is 0.416 e. The first-order chi connectivity index (χ1) is 9.97. The number of hydrogen-bond acceptors (Lipinski definition) is 1. The Bertz CT molecular complexity index is 474. The maximum absolute atomic E-state index is 12.5. The summed E-state index contributed by atoms with van der Waals surface area (Å²) in [6, 6.07) is 5.25. The van der Waals surface area contributed by atoms with Crippen LogP contribution in [0.15, 0.2) is 35.9 Å². The Hall–Kier alpha value is -1.29. The maximum Gasteiger partial charge on any atom is 0.416 e. The average molecular weight is 297 g/mol. The van der Waals surface area contributed by atoms with E-state index in [9.17, 15) is 13.2 Å². The van der Waals surface area contributed by atoms with Crippen molar-refractivity contribution in [3.05, 3.63) is 47.0 Å². The molecule has 1 unspecified atom stereocenters. The standard InChI is InChI=1S/C17H22F3N/c18-17(19,20)15-10-8-13(9-11-15)12-16(21)14-6-4-2-1-3-5-7-14/h6,8-11,16H,1-5,7,12,21H2/b14-6+. The molecule has 1 aliphatic rings. The van der Waals surface area contributed by atoms with Gasteiger partial charge in [0.15, 0.2) is 0 Å². The SMILES string of the molecule is NC(Cc1ccc(C(F)(F)F)cc1)/C1=C/CCCCCC1. The number of rotatable bonds is 3. The third-order valence-electron chi connectivity index (χ3n) is 4.04. The van der Waals surface area contributed by atoms with Crippen LogP contribution in [0.3, 0.4) is 0 Å². The molecule has 1 aromatic carbocycles. The van der Waals surface area contributed by atoms with Crippen LogP contribution in [0.5, 0.6) is 0 Å². The summed E-state index contributed by atoms with van der Waals surface area (Å²) < 4.78 is 37.6. The van der Waals surface area contributed by atoms with Gasteiger partial charge in [0.25, 0.3) is 0 Å². The smallest absolute Gasteiger partial charge is 0.324 e. The lowest BCUT2D eigenvalue weighted by atomic mass is 9.92. The highest BCUT2D eigenvalue weighted by atomic mass is 19.4. The van der Waals surface area contributed by atoms with Crippen LogP contribution in [0, 0.1) is 0 Å². The molecule has 0 spiro atoms. The molecule has 0 amide bonds. The molecule has 0 heterocycles. The van der Waals surface area contributed by atoms with Gasteiger partial charge < -0.3 is 5.73 Å². The molecule has 1 nitrogen and oxygen atoms in total. The molecular weight excluding hydrogens is 275 g/mol. The first-order valence-corrected chi connectivity index (χ1v) is 7.57. The van der Waals surface area contributed by atoms with E-state index in [1.807, 2.05) is 0 Å². The summed E-state index contributed by atoms with van der Waals surface area (Å²) >= 11 is 0. The number of hydrogen-bond donors (Lipinski definition) is 1. The Morgan fingerprint density at radius 1 is 1.00 bits per heavy atom. The second-order valence-electron chi connectivity index (χ2n) is 5.74. The van der Waals surface area contributed by atoms with E-state index in [0.29, 0.717) is 6.42 Å². The second kappa shape index (κ2) is 7.12. The van der Waals surface area contributed by atoms with Gasteiger partial charge in [-0.2, -0.15) is 13.2 Å². The van der Waals surface area contributed by atoms with E-state index in [1.54, 1.807) is 0 Å². The van der Waals surface area contributed by atoms with Gasteiger partial charge in [0.2, 0.25) is 0 Å². The van der Waals surface area contributed by atoms with Crippen molar-refractivity contribution < 1.29 is 13.2 Å². The summed E-state index contributed by atoms with van der Waals surface area (Å²) in [5.74, 6) is 0. The molecule has 0 bridgehead atoms. The lowest BCUT2D eigenvalue weighted by Crippen LogP contribution is -2.26. The van der Waals surface area contributed by atoms with Crippen molar-refractivity contribution in [1.29, 1.82) is 0 Å². The third kappa shape index (κ3) is 4.88. The van der Waals surface area contributed by atoms with Gasteiger partial charge in [0, 0.05) is 6.04 Å². The fourth-order valence-corrected chi connectivity index (χ4v) is 2.77. The van der Waals surface area contributed by atoms with Crippen LogP contribution in [0.1, 0.15) is 49.7 Å². The average Bonchev–Trinajstić information content (AvgIpc) is 2.37. The van der Waals surface area contributed by atoms with Crippen molar-refractivity contribution in [2.24, 2.45) is 5.73 Å². The fourth-order valence-electron chi connectivity index (χ4n) is 2.77. The minimum atomic E-state index is -4.28. The Balaban J connectivity index is 2.00. The van der Waals surface area contributed by atoms with Gasteiger partial charge in [-0.1, -0.05) is 36.6 Å². The van der Waals surface area contributed by atoms with Crippen LogP contribution < -0.4 is 5.73 Å². The molecule has 2 N–H and O–H groups in total. The van der Waals surface area contributed by atoms with Gasteiger partial charge in [-0.3, -0.25) is 0 Å². The maximum atomic E-state index is 12.5. The van der Waals surface area contributed by atoms with Crippen molar-refractivity contribution >= 4 is 0 Å². The van der Waals surface area contributed by atoms with E-state index in [-0.39, 0.29) is 6.04 Å².